The lowest BCUT2D eigenvalue weighted by molar-refractivity contribution is 0.112. The average molecular weight is 292 g/mol. The third-order valence-electron chi connectivity index (χ3n) is 1.09. The molecule has 0 rings (SSSR count). The first-order valence-corrected chi connectivity index (χ1v) is 5.42. The van der Waals surface area contributed by atoms with Crippen molar-refractivity contribution >= 4 is 58.3 Å². The van der Waals surface area contributed by atoms with Crippen molar-refractivity contribution in [2.45, 2.75) is 29.9 Å². The molecule has 8 heteroatoms. The standard InChI is InChI=1S/C7H9Cl3N2O2S/c1-4(2)14-6(13)12-5(11-3-15)7(8,9)10/h4-5H,1-2H3,(H,12,13)/t5-/m0/s1. The van der Waals surface area contributed by atoms with E-state index in [1.165, 1.54) is 0 Å². The van der Waals surface area contributed by atoms with Gasteiger partial charge in [0, 0.05) is 0 Å². The van der Waals surface area contributed by atoms with E-state index in [0.717, 1.165) is 0 Å². The van der Waals surface area contributed by atoms with E-state index in [4.69, 9.17) is 39.5 Å². The van der Waals surface area contributed by atoms with Crippen LogP contribution >= 0.6 is 47.0 Å². The van der Waals surface area contributed by atoms with Gasteiger partial charge < -0.3 is 4.74 Å². The zero-order valence-electron chi connectivity index (χ0n) is 7.96. The molecular formula is C7H9Cl3N2O2S. The lowest BCUT2D eigenvalue weighted by atomic mass is 10.5. The largest absolute Gasteiger partial charge is 0.447 e. The van der Waals surface area contributed by atoms with Crippen LogP contribution in [0.3, 0.4) is 0 Å². The fraction of sp³-hybridized carbons (Fsp3) is 0.714. The Kier molecular flexibility index (Phi) is 6.48. The predicted molar refractivity (Wildman–Crippen MR) is 63.9 cm³/mol. The van der Waals surface area contributed by atoms with Crippen molar-refractivity contribution in [3.8, 4) is 0 Å². The Balaban J connectivity index is 4.43. The fourth-order valence-corrected chi connectivity index (χ4v) is 1.02. The topological polar surface area (TPSA) is 50.7 Å². The van der Waals surface area contributed by atoms with E-state index in [1.54, 1.807) is 13.8 Å². The summed E-state index contributed by atoms with van der Waals surface area (Å²) in [6.07, 6.45) is -2.14. The lowest BCUT2D eigenvalue weighted by Crippen LogP contribution is -2.43. The number of nitrogens with one attached hydrogen (secondary N) is 1. The maximum atomic E-state index is 11.2. The van der Waals surface area contributed by atoms with Crippen LogP contribution < -0.4 is 5.32 Å². The number of alkyl halides is 3. The number of thiocarbonyl (C=S) groups is 1. The summed E-state index contributed by atoms with van der Waals surface area (Å²) < 4.78 is 2.97. The van der Waals surface area contributed by atoms with Crippen LogP contribution in [-0.4, -0.2) is 27.3 Å². The molecule has 0 heterocycles. The van der Waals surface area contributed by atoms with Crippen LogP contribution in [0.1, 0.15) is 13.8 Å². The van der Waals surface area contributed by atoms with Gasteiger partial charge >= 0.3 is 6.09 Å². The number of carbonyl (C=O) groups excluding carboxylic acids is 1. The molecule has 0 saturated carbocycles. The second kappa shape index (κ2) is 6.51. The third-order valence-corrected chi connectivity index (χ3v) is 1.81. The molecule has 0 spiro atoms. The van der Waals surface area contributed by atoms with Gasteiger partial charge in [0.2, 0.25) is 3.79 Å². The molecule has 0 radical (unpaired) electrons. The van der Waals surface area contributed by atoms with E-state index >= 15 is 0 Å². The molecule has 0 bridgehead atoms. The molecule has 0 aromatic heterocycles. The first-order valence-electron chi connectivity index (χ1n) is 3.88. The third kappa shape index (κ3) is 6.93. The molecule has 1 amide bonds. The quantitative estimate of drug-likeness (QED) is 0.494. The molecular weight excluding hydrogens is 283 g/mol. The molecule has 0 aliphatic rings. The van der Waals surface area contributed by atoms with Gasteiger partial charge in [-0.1, -0.05) is 34.8 Å². The number of aliphatic imine (C=N–C) groups is 1. The van der Waals surface area contributed by atoms with Gasteiger partial charge in [0.05, 0.1) is 11.3 Å². The maximum Gasteiger partial charge on any atom is 0.409 e. The van der Waals surface area contributed by atoms with Gasteiger partial charge in [0.25, 0.3) is 0 Å². The molecule has 0 aliphatic carbocycles. The van der Waals surface area contributed by atoms with E-state index in [0.29, 0.717) is 0 Å². The number of alkyl carbamates (subject to hydrolysis) is 1. The van der Waals surface area contributed by atoms with Crippen molar-refractivity contribution in [1.82, 2.24) is 5.32 Å². The van der Waals surface area contributed by atoms with E-state index < -0.39 is 16.1 Å². The van der Waals surface area contributed by atoms with Gasteiger partial charge in [-0.05, 0) is 26.1 Å². The normalized spacial score (nSPS) is 12.9. The summed E-state index contributed by atoms with van der Waals surface area (Å²) in [6.45, 7) is 3.37. The van der Waals surface area contributed by atoms with Gasteiger partial charge in [-0.15, -0.1) is 0 Å². The summed E-state index contributed by atoms with van der Waals surface area (Å²) in [4.78, 5) is 14.7. The van der Waals surface area contributed by atoms with Crippen LogP contribution in [0, 0.1) is 0 Å². The minimum Gasteiger partial charge on any atom is -0.447 e. The molecule has 0 saturated heterocycles. The van der Waals surface area contributed by atoms with Crippen molar-refractivity contribution in [2.75, 3.05) is 0 Å². The zero-order valence-corrected chi connectivity index (χ0v) is 11.0. The first kappa shape index (κ1) is 14.9. The lowest BCUT2D eigenvalue weighted by Gasteiger charge is -2.20. The van der Waals surface area contributed by atoms with Crippen molar-refractivity contribution in [3.05, 3.63) is 0 Å². The minimum atomic E-state index is -1.80. The van der Waals surface area contributed by atoms with Crippen LogP contribution in [0.25, 0.3) is 0 Å². The number of hydrogen-bond donors (Lipinski definition) is 1. The maximum absolute atomic E-state index is 11.2. The van der Waals surface area contributed by atoms with E-state index in [2.05, 4.69) is 22.5 Å². The number of isothiocyanates is 1. The van der Waals surface area contributed by atoms with Crippen LogP contribution in [0.15, 0.2) is 4.99 Å². The molecule has 0 aromatic carbocycles. The fourth-order valence-electron chi connectivity index (χ4n) is 0.600. The number of carbonyl (C=O) groups is 1. The highest BCUT2D eigenvalue weighted by Gasteiger charge is 2.34. The molecule has 0 aromatic rings. The predicted octanol–water partition coefficient (Wildman–Crippen LogP) is 2.92. The average Bonchev–Trinajstić information content (AvgIpc) is 2.00. The van der Waals surface area contributed by atoms with Gasteiger partial charge in [0.1, 0.15) is 0 Å². The second-order valence-electron chi connectivity index (χ2n) is 2.76. The highest BCUT2D eigenvalue weighted by molar-refractivity contribution is 7.78. The summed E-state index contributed by atoms with van der Waals surface area (Å²) in [7, 11) is 0. The molecule has 1 atom stereocenters. The first-order chi connectivity index (χ1) is 6.77. The van der Waals surface area contributed by atoms with Crippen molar-refractivity contribution < 1.29 is 9.53 Å². The summed E-state index contributed by atoms with van der Waals surface area (Å²) in [5.74, 6) is 0. The Morgan fingerprint density at radius 2 is 2.07 bits per heavy atom. The number of halogens is 3. The highest BCUT2D eigenvalue weighted by Crippen LogP contribution is 2.30. The minimum absolute atomic E-state index is 0.280. The Hall–Kier alpha value is -0.0600. The van der Waals surface area contributed by atoms with Gasteiger partial charge in [-0.25, -0.2) is 9.79 Å². The Morgan fingerprint density at radius 1 is 1.53 bits per heavy atom. The molecule has 0 aliphatic heterocycles. The Morgan fingerprint density at radius 3 is 2.40 bits per heavy atom. The Labute approximate surface area is 108 Å². The van der Waals surface area contributed by atoms with E-state index in [9.17, 15) is 4.79 Å². The number of hydrogen-bond acceptors (Lipinski definition) is 4. The van der Waals surface area contributed by atoms with Crippen LogP contribution in [-0.2, 0) is 4.74 Å². The highest BCUT2D eigenvalue weighted by atomic mass is 35.6. The Bertz CT molecular complexity index is 274. The molecule has 0 unspecified atom stereocenters. The van der Waals surface area contributed by atoms with Crippen molar-refractivity contribution in [3.63, 3.8) is 0 Å². The van der Waals surface area contributed by atoms with E-state index in [-0.39, 0.29) is 6.10 Å². The number of ether oxygens (including phenoxy) is 1. The number of amides is 1. The molecule has 4 nitrogen and oxygen atoms in total. The van der Waals surface area contributed by atoms with Crippen LogP contribution in [0.2, 0.25) is 0 Å². The smallest absolute Gasteiger partial charge is 0.409 e. The molecule has 86 valence electrons. The number of nitrogens with zero attached hydrogens (tertiary/aromatic N) is 1. The molecule has 15 heavy (non-hydrogen) atoms. The molecule has 0 fully saturated rings. The summed E-state index contributed by atoms with van der Waals surface area (Å²) in [6, 6.07) is 0. The van der Waals surface area contributed by atoms with Gasteiger partial charge in [-0.2, -0.15) is 0 Å². The summed E-state index contributed by atoms with van der Waals surface area (Å²) in [5.41, 5.74) is 0. The summed E-state index contributed by atoms with van der Waals surface area (Å²) in [5, 5.41) is 4.25. The summed E-state index contributed by atoms with van der Waals surface area (Å²) >= 11 is 21.0. The van der Waals surface area contributed by atoms with Crippen LogP contribution in [0.4, 0.5) is 4.79 Å². The van der Waals surface area contributed by atoms with E-state index in [1.807, 2.05) is 5.16 Å². The monoisotopic (exact) mass is 290 g/mol. The zero-order chi connectivity index (χ0) is 12.1. The number of rotatable bonds is 3. The van der Waals surface area contributed by atoms with Crippen LogP contribution in [0.5, 0.6) is 0 Å². The second-order valence-corrected chi connectivity index (χ2v) is 5.31. The molecule has 1 N–H and O–H groups in total. The van der Waals surface area contributed by atoms with Gasteiger partial charge in [0.15, 0.2) is 6.17 Å². The van der Waals surface area contributed by atoms with Crippen molar-refractivity contribution in [2.24, 2.45) is 4.99 Å². The van der Waals surface area contributed by atoms with Gasteiger partial charge in [-0.3, -0.25) is 5.32 Å². The van der Waals surface area contributed by atoms with Crippen molar-refractivity contribution in [1.29, 1.82) is 0 Å². The SMILES string of the molecule is CC(C)OC(=O)N[C@H](N=C=S)C(Cl)(Cl)Cl.